The first kappa shape index (κ1) is 7.40. The van der Waals surface area contributed by atoms with E-state index in [0.717, 1.165) is 11.6 Å². The lowest BCUT2D eigenvalue weighted by molar-refractivity contribution is 1.12. The average Bonchev–Trinajstić information content (AvgIpc) is 2.70. The predicted octanol–water partition coefficient (Wildman–Crippen LogP) is 2.75. The van der Waals surface area contributed by atoms with Crippen molar-refractivity contribution in [2.24, 2.45) is 0 Å². The normalized spacial score (nSPS) is 16.8. The molecule has 1 aromatic rings. The van der Waals surface area contributed by atoms with Crippen LogP contribution in [0.3, 0.4) is 0 Å². The van der Waals surface area contributed by atoms with E-state index in [1.165, 1.54) is 22.0 Å². The van der Waals surface area contributed by atoms with Gasteiger partial charge in [0.25, 0.3) is 0 Å². The Labute approximate surface area is 80.1 Å². The van der Waals surface area contributed by atoms with Crippen LogP contribution in [0.25, 0.3) is 0 Å². The summed E-state index contributed by atoms with van der Waals surface area (Å²) in [6, 6.07) is 6.21. The number of nitrogens with two attached hydrogens (primary N) is 1. The molecule has 0 saturated heterocycles. The third-order valence-electron chi connectivity index (χ3n) is 2.04. The van der Waals surface area contributed by atoms with E-state index in [1.54, 1.807) is 0 Å². The molecule has 1 fully saturated rings. The largest absolute Gasteiger partial charge is 0.399 e. The number of anilines is 1. The van der Waals surface area contributed by atoms with Gasteiger partial charge in [-0.05, 0) is 59.0 Å². The lowest BCUT2D eigenvalue weighted by Gasteiger charge is -2.02. The Bertz CT molecular complexity index is 279. The van der Waals surface area contributed by atoms with Gasteiger partial charge in [-0.15, -0.1) is 0 Å². The lowest BCUT2D eigenvalue weighted by Crippen LogP contribution is -1.89. The minimum atomic E-state index is 0.836. The first-order valence-corrected chi connectivity index (χ1v) is 4.90. The molecule has 1 aliphatic carbocycles. The van der Waals surface area contributed by atoms with Crippen molar-refractivity contribution in [3.63, 3.8) is 0 Å². The molecule has 1 aromatic carbocycles. The number of nitrogen functional groups attached to an aromatic ring is 1. The smallest absolute Gasteiger partial charge is 0.0324 e. The molecule has 0 aliphatic heterocycles. The Balaban J connectivity index is 2.39. The monoisotopic (exact) mass is 259 g/mol. The maximum Gasteiger partial charge on any atom is 0.0324 e. The Morgan fingerprint density at radius 2 is 2.09 bits per heavy atom. The van der Waals surface area contributed by atoms with Crippen LogP contribution in [0.1, 0.15) is 24.3 Å². The number of halogens is 1. The Hall–Kier alpha value is -0.250. The second-order valence-corrected chi connectivity index (χ2v) is 4.22. The first-order chi connectivity index (χ1) is 5.27. The van der Waals surface area contributed by atoms with Crippen LogP contribution in [0, 0.1) is 3.57 Å². The molecule has 0 amide bonds. The van der Waals surface area contributed by atoms with Crippen LogP contribution < -0.4 is 5.73 Å². The standard InChI is InChI=1S/C9H10IN/c10-9-5-7(11)3-4-8(9)6-1-2-6/h3-6H,1-2,11H2. The summed E-state index contributed by atoms with van der Waals surface area (Å²) in [5.74, 6) is 0.836. The molecular weight excluding hydrogens is 249 g/mol. The predicted molar refractivity (Wildman–Crippen MR) is 55.5 cm³/mol. The molecule has 58 valence electrons. The third-order valence-corrected chi connectivity index (χ3v) is 2.98. The second kappa shape index (κ2) is 2.66. The highest BCUT2D eigenvalue weighted by atomic mass is 127. The van der Waals surface area contributed by atoms with Gasteiger partial charge in [0, 0.05) is 9.26 Å². The minimum absolute atomic E-state index is 0.836. The SMILES string of the molecule is Nc1ccc(C2CC2)c(I)c1. The van der Waals surface area contributed by atoms with Gasteiger partial charge in [-0.25, -0.2) is 0 Å². The van der Waals surface area contributed by atoms with E-state index < -0.39 is 0 Å². The molecule has 0 aromatic heterocycles. The van der Waals surface area contributed by atoms with Crippen molar-refractivity contribution in [3.05, 3.63) is 27.3 Å². The molecule has 2 rings (SSSR count). The van der Waals surface area contributed by atoms with Crippen LogP contribution >= 0.6 is 22.6 Å². The Morgan fingerprint density at radius 1 is 1.36 bits per heavy atom. The fraction of sp³-hybridized carbons (Fsp3) is 0.333. The van der Waals surface area contributed by atoms with Crippen LogP contribution in [0.4, 0.5) is 5.69 Å². The zero-order valence-electron chi connectivity index (χ0n) is 6.18. The molecule has 0 spiro atoms. The van der Waals surface area contributed by atoms with Crippen molar-refractivity contribution in [1.82, 2.24) is 0 Å². The highest BCUT2D eigenvalue weighted by Crippen LogP contribution is 2.42. The van der Waals surface area contributed by atoms with Crippen molar-refractivity contribution < 1.29 is 0 Å². The van der Waals surface area contributed by atoms with Gasteiger partial charge in [0.15, 0.2) is 0 Å². The highest BCUT2D eigenvalue weighted by Gasteiger charge is 2.25. The third kappa shape index (κ3) is 1.50. The molecule has 0 heterocycles. The maximum absolute atomic E-state index is 5.64. The molecule has 0 atom stereocenters. The van der Waals surface area contributed by atoms with Gasteiger partial charge in [-0.3, -0.25) is 0 Å². The van der Waals surface area contributed by atoms with Crippen LogP contribution in [-0.2, 0) is 0 Å². The van der Waals surface area contributed by atoms with Gasteiger partial charge >= 0.3 is 0 Å². The molecular formula is C9H10IN. The molecule has 1 nitrogen and oxygen atoms in total. The van der Waals surface area contributed by atoms with E-state index in [1.807, 2.05) is 12.1 Å². The summed E-state index contributed by atoms with van der Waals surface area (Å²) in [7, 11) is 0. The Morgan fingerprint density at radius 3 is 2.64 bits per heavy atom. The Kier molecular flexibility index (Phi) is 1.79. The number of hydrogen-bond acceptors (Lipinski definition) is 1. The molecule has 1 saturated carbocycles. The average molecular weight is 259 g/mol. The summed E-state index contributed by atoms with van der Waals surface area (Å²) in [4.78, 5) is 0. The highest BCUT2D eigenvalue weighted by molar-refractivity contribution is 14.1. The molecule has 0 unspecified atom stereocenters. The van der Waals surface area contributed by atoms with Gasteiger partial charge in [-0.2, -0.15) is 0 Å². The zero-order valence-corrected chi connectivity index (χ0v) is 8.34. The topological polar surface area (TPSA) is 26.0 Å². The van der Waals surface area contributed by atoms with Crippen molar-refractivity contribution in [1.29, 1.82) is 0 Å². The molecule has 0 radical (unpaired) electrons. The molecule has 0 bridgehead atoms. The van der Waals surface area contributed by atoms with E-state index in [4.69, 9.17) is 5.73 Å². The minimum Gasteiger partial charge on any atom is -0.399 e. The first-order valence-electron chi connectivity index (χ1n) is 3.82. The fourth-order valence-corrected chi connectivity index (χ4v) is 2.25. The molecule has 2 heteroatoms. The number of benzene rings is 1. The summed E-state index contributed by atoms with van der Waals surface area (Å²) in [5, 5.41) is 0. The summed E-state index contributed by atoms with van der Waals surface area (Å²) in [6.07, 6.45) is 2.72. The van der Waals surface area contributed by atoms with E-state index in [2.05, 4.69) is 28.7 Å². The van der Waals surface area contributed by atoms with Crippen LogP contribution in [0.2, 0.25) is 0 Å². The van der Waals surface area contributed by atoms with Gasteiger partial charge in [0.1, 0.15) is 0 Å². The van der Waals surface area contributed by atoms with Gasteiger partial charge in [0.05, 0.1) is 0 Å². The summed E-state index contributed by atoms with van der Waals surface area (Å²) in [5.41, 5.74) is 8.00. The van der Waals surface area contributed by atoms with Gasteiger partial charge < -0.3 is 5.73 Å². The van der Waals surface area contributed by atoms with Crippen LogP contribution in [-0.4, -0.2) is 0 Å². The van der Waals surface area contributed by atoms with Gasteiger partial charge in [0.2, 0.25) is 0 Å². The van der Waals surface area contributed by atoms with Gasteiger partial charge in [-0.1, -0.05) is 6.07 Å². The fourth-order valence-electron chi connectivity index (χ4n) is 1.27. The maximum atomic E-state index is 5.64. The lowest BCUT2D eigenvalue weighted by atomic mass is 10.1. The van der Waals surface area contributed by atoms with Crippen molar-refractivity contribution in [2.45, 2.75) is 18.8 Å². The van der Waals surface area contributed by atoms with E-state index in [-0.39, 0.29) is 0 Å². The quantitative estimate of drug-likeness (QED) is 0.609. The van der Waals surface area contributed by atoms with Crippen LogP contribution in [0.15, 0.2) is 18.2 Å². The summed E-state index contributed by atoms with van der Waals surface area (Å²) in [6.45, 7) is 0. The summed E-state index contributed by atoms with van der Waals surface area (Å²) >= 11 is 2.36. The number of hydrogen-bond donors (Lipinski definition) is 1. The van der Waals surface area contributed by atoms with Crippen LogP contribution in [0.5, 0.6) is 0 Å². The van der Waals surface area contributed by atoms with E-state index >= 15 is 0 Å². The van der Waals surface area contributed by atoms with Crippen molar-refractivity contribution >= 4 is 28.3 Å². The molecule has 2 N–H and O–H groups in total. The molecule has 1 aliphatic rings. The van der Waals surface area contributed by atoms with E-state index in [0.29, 0.717) is 0 Å². The summed E-state index contributed by atoms with van der Waals surface area (Å²) < 4.78 is 1.32. The zero-order chi connectivity index (χ0) is 7.84. The number of rotatable bonds is 1. The second-order valence-electron chi connectivity index (χ2n) is 3.06. The van der Waals surface area contributed by atoms with Crippen molar-refractivity contribution in [3.8, 4) is 0 Å². The van der Waals surface area contributed by atoms with Crippen molar-refractivity contribution in [2.75, 3.05) is 5.73 Å². The van der Waals surface area contributed by atoms with E-state index in [9.17, 15) is 0 Å². The molecule has 11 heavy (non-hydrogen) atoms.